The van der Waals surface area contributed by atoms with Gasteiger partial charge in [-0.3, -0.25) is 0 Å². The van der Waals surface area contributed by atoms with Crippen LogP contribution in [0.1, 0.15) is 27.2 Å². The van der Waals surface area contributed by atoms with Crippen LogP contribution < -0.4 is 0 Å². The van der Waals surface area contributed by atoms with E-state index in [0.717, 1.165) is 6.42 Å². The molecule has 0 atom stereocenters. The zero-order valence-electron chi connectivity index (χ0n) is 18.4. The summed E-state index contributed by atoms with van der Waals surface area (Å²) in [5.74, 6) is -0.249. The minimum absolute atomic E-state index is 0.249. The third kappa shape index (κ3) is 5.29. The van der Waals surface area contributed by atoms with E-state index in [9.17, 15) is 4.79 Å². The molecule has 0 rings (SSSR count). The summed E-state index contributed by atoms with van der Waals surface area (Å²) < 4.78 is 5.76. The molecule has 0 fully saturated rings. The molecule has 0 saturated carbocycles. The molecule has 0 bridgehead atoms. The van der Waals surface area contributed by atoms with E-state index in [-0.39, 0.29) is 5.97 Å². The van der Waals surface area contributed by atoms with Crippen LogP contribution in [0.2, 0.25) is 65.0 Å². The number of hydrogen-bond acceptors (Lipinski definition) is 2. The highest BCUT2D eigenvalue weighted by molar-refractivity contribution is 7.89. The van der Waals surface area contributed by atoms with Crippen LogP contribution in [-0.4, -0.2) is 41.0 Å². The largest absolute Gasteiger partial charge is 0.456 e. The molecular weight excluding hydrogens is 361 g/mol. The Balaban J connectivity index is 5.76. The molecule has 0 aliphatic carbocycles. The van der Waals surface area contributed by atoms with Gasteiger partial charge in [0.2, 0.25) is 0 Å². The summed E-state index contributed by atoms with van der Waals surface area (Å²) in [5.41, 5.74) is 0.0972. The maximum atomic E-state index is 12.0. The Morgan fingerprint density at radius 1 is 0.875 bits per heavy atom. The first kappa shape index (κ1) is 24.1. The molecule has 142 valence electrons. The van der Waals surface area contributed by atoms with Crippen molar-refractivity contribution in [3.05, 3.63) is 12.2 Å². The second-order valence-electron chi connectivity index (χ2n) is 11.1. The molecule has 2 nitrogen and oxygen atoms in total. The van der Waals surface area contributed by atoms with Gasteiger partial charge in [0.1, 0.15) is 5.60 Å². The van der Waals surface area contributed by atoms with Crippen LogP contribution in [-0.2, 0) is 9.53 Å². The maximum Gasteiger partial charge on any atom is 0.333 e. The van der Waals surface area contributed by atoms with Crippen LogP contribution in [0.15, 0.2) is 12.2 Å². The Bertz CT molecular complexity index is 441. The van der Waals surface area contributed by atoms with Crippen molar-refractivity contribution >= 4 is 35.4 Å². The SMILES string of the molecule is C=C(C)C(=O)OC(C)(C)CC[Si]([Si](C)(C)C)([Si](C)(C)C)[Si](C)(C)C. The molecule has 24 heavy (non-hydrogen) atoms. The Labute approximate surface area is 154 Å². The first-order valence-electron chi connectivity index (χ1n) is 9.17. The number of ether oxygens (including phenoxy) is 1. The van der Waals surface area contributed by atoms with Crippen LogP contribution in [0.25, 0.3) is 0 Å². The highest BCUT2D eigenvalue weighted by Gasteiger charge is 2.61. The minimum atomic E-state index is -1.39. The monoisotopic (exact) mass is 402 g/mol. The van der Waals surface area contributed by atoms with Gasteiger partial charge < -0.3 is 4.74 Å². The van der Waals surface area contributed by atoms with Gasteiger partial charge in [0.15, 0.2) is 0 Å². The fraction of sp³-hybridized carbons (Fsp3) is 0.833. The summed E-state index contributed by atoms with van der Waals surface area (Å²) in [5, 5.41) is 0. The molecular formula is C18H42O2Si4. The van der Waals surface area contributed by atoms with Crippen LogP contribution in [0.5, 0.6) is 0 Å². The Morgan fingerprint density at radius 2 is 1.21 bits per heavy atom. The van der Waals surface area contributed by atoms with Gasteiger partial charge in [-0.25, -0.2) is 4.79 Å². The zero-order valence-corrected chi connectivity index (χ0v) is 22.4. The molecule has 6 heteroatoms. The normalized spacial score (nSPS) is 14.5. The molecule has 0 radical (unpaired) electrons. The number of rotatable bonds is 8. The van der Waals surface area contributed by atoms with Crippen molar-refractivity contribution in [3.8, 4) is 0 Å². The quantitative estimate of drug-likeness (QED) is 0.284. The Kier molecular flexibility index (Phi) is 7.39. The molecule has 0 unspecified atom stereocenters. The summed E-state index contributed by atoms with van der Waals surface area (Å²) in [6.07, 6.45) is 0.997. The van der Waals surface area contributed by atoms with E-state index in [1.165, 1.54) is 6.04 Å². The zero-order chi connectivity index (χ0) is 19.8. The van der Waals surface area contributed by atoms with Crippen LogP contribution in [0.4, 0.5) is 0 Å². The summed E-state index contributed by atoms with van der Waals surface area (Å²) >= 11 is 0. The van der Waals surface area contributed by atoms with E-state index in [4.69, 9.17) is 4.74 Å². The lowest BCUT2D eigenvalue weighted by atomic mass is 10.1. The lowest BCUT2D eigenvalue weighted by Gasteiger charge is -2.58. The molecule has 0 aromatic carbocycles. The lowest BCUT2D eigenvalue weighted by Crippen LogP contribution is -2.82. The number of carbonyl (C=O) groups is 1. The molecule has 0 heterocycles. The van der Waals surface area contributed by atoms with Gasteiger partial charge in [0, 0.05) is 35.0 Å². The predicted octanol–water partition coefficient (Wildman–Crippen LogP) is 5.97. The van der Waals surface area contributed by atoms with Crippen LogP contribution in [0, 0.1) is 0 Å². The average Bonchev–Trinajstić information content (AvgIpc) is 2.21. The first-order chi connectivity index (χ1) is 10.3. The summed E-state index contributed by atoms with van der Waals surface area (Å²) in [4.78, 5) is 12.0. The van der Waals surface area contributed by atoms with Gasteiger partial charge in [0.25, 0.3) is 0 Å². The molecule has 0 saturated heterocycles. The predicted molar refractivity (Wildman–Crippen MR) is 120 cm³/mol. The molecule has 0 amide bonds. The van der Waals surface area contributed by atoms with Crippen molar-refractivity contribution in [1.82, 2.24) is 0 Å². The third-order valence-corrected chi connectivity index (χ3v) is 80.1. The van der Waals surface area contributed by atoms with Crippen molar-refractivity contribution in [3.63, 3.8) is 0 Å². The maximum absolute atomic E-state index is 12.0. The standard InChI is InChI=1S/C18H42O2Si4/c1-16(2)17(19)20-18(3,4)14-15-24(21(5,6)7,22(8,9)10)23(11,12)13/h1,14-15H2,2-13H3. The van der Waals surface area contributed by atoms with E-state index in [1.807, 2.05) is 0 Å². The number of carbonyl (C=O) groups excluding carboxylic acids is 1. The van der Waals surface area contributed by atoms with Crippen molar-refractivity contribution in [2.45, 2.75) is 97.8 Å². The summed E-state index contributed by atoms with van der Waals surface area (Å²) in [6, 6.07) is 1.32. The fourth-order valence-electron chi connectivity index (χ4n) is 5.38. The molecule has 0 N–H and O–H groups in total. The lowest BCUT2D eigenvalue weighted by molar-refractivity contribution is -0.151. The summed E-state index contributed by atoms with van der Waals surface area (Å²) in [7, 11) is -3.79. The van der Waals surface area contributed by atoms with E-state index in [2.05, 4.69) is 79.3 Å². The first-order valence-corrected chi connectivity index (χ1v) is 24.9. The highest BCUT2D eigenvalue weighted by Crippen LogP contribution is 2.42. The van der Waals surface area contributed by atoms with Crippen molar-refractivity contribution in [2.75, 3.05) is 0 Å². The third-order valence-electron chi connectivity index (χ3n) is 5.66. The van der Waals surface area contributed by atoms with E-state index >= 15 is 0 Å². The number of esters is 1. The van der Waals surface area contributed by atoms with Crippen molar-refractivity contribution in [2.24, 2.45) is 0 Å². The van der Waals surface area contributed by atoms with Crippen molar-refractivity contribution in [1.29, 1.82) is 0 Å². The Hall–Kier alpha value is 0.0775. The molecule has 0 aromatic heterocycles. The average molecular weight is 403 g/mol. The Morgan fingerprint density at radius 3 is 1.46 bits per heavy atom. The summed E-state index contributed by atoms with van der Waals surface area (Å²) in [6.45, 7) is 31.7. The highest BCUT2D eigenvalue weighted by atomic mass is 29.9. The molecule has 0 aromatic rings. The van der Waals surface area contributed by atoms with Crippen LogP contribution >= 0.6 is 0 Å². The van der Waals surface area contributed by atoms with E-state index in [1.54, 1.807) is 6.92 Å². The molecule has 0 aliphatic rings. The second kappa shape index (κ2) is 7.37. The van der Waals surface area contributed by atoms with Crippen molar-refractivity contribution < 1.29 is 9.53 Å². The second-order valence-corrected chi connectivity index (χ2v) is 52.6. The topological polar surface area (TPSA) is 26.3 Å². The van der Waals surface area contributed by atoms with E-state index < -0.39 is 35.0 Å². The van der Waals surface area contributed by atoms with Gasteiger partial charge in [-0.1, -0.05) is 71.5 Å². The van der Waals surface area contributed by atoms with Gasteiger partial charge in [0.05, 0.1) is 0 Å². The number of hydrogen-bond donors (Lipinski definition) is 0. The molecule has 0 aliphatic heterocycles. The molecule has 0 spiro atoms. The van der Waals surface area contributed by atoms with Gasteiger partial charge in [-0.05, 0) is 27.2 Å². The van der Waals surface area contributed by atoms with Gasteiger partial charge in [-0.2, -0.15) is 0 Å². The van der Waals surface area contributed by atoms with Gasteiger partial charge in [-0.15, -0.1) is 0 Å². The minimum Gasteiger partial charge on any atom is -0.456 e. The fourth-order valence-corrected chi connectivity index (χ4v) is 104. The van der Waals surface area contributed by atoms with E-state index in [0.29, 0.717) is 5.57 Å². The smallest absolute Gasteiger partial charge is 0.333 e. The van der Waals surface area contributed by atoms with Crippen LogP contribution in [0.3, 0.4) is 0 Å². The van der Waals surface area contributed by atoms with Gasteiger partial charge >= 0.3 is 5.97 Å².